The number of anilines is 1. The standard InChI is InChI=1S/C23H23FN6O5/c1-29-20-19(21(32)27-23(29)33)30(12-16(31)13-35-18-9-7-17(34-2)8-10-18)22(26-20)28-25-11-14-3-5-15(24)6-4-14/h3-11,16,31H,12-13H2,1-2H3,(H,26,28)(H,27,32,33)/b25-11-/t16-/m1/s1. The van der Waals surface area contributed by atoms with E-state index in [1.807, 2.05) is 0 Å². The number of rotatable bonds is 9. The number of aromatic nitrogens is 4. The Morgan fingerprint density at radius 2 is 1.86 bits per heavy atom. The molecule has 4 rings (SSSR count). The molecule has 3 N–H and O–H groups in total. The molecule has 0 fully saturated rings. The molecule has 0 aliphatic rings. The van der Waals surface area contributed by atoms with Gasteiger partial charge in [-0.05, 0) is 42.0 Å². The Kier molecular flexibility index (Phi) is 6.92. The minimum absolute atomic E-state index is 0.0754. The lowest BCUT2D eigenvalue weighted by Gasteiger charge is -2.15. The van der Waals surface area contributed by atoms with Gasteiger partial charge in [0.05, 0.1) is 19.9 Å². The number of nitrogens with one attached hydrogen (secondary N) is 2. The second-order valence-electron chi connectivity index (χ2n) is 7.60. The highest BCUT2D eigenvalue weighted by atomic mass is 19.1. The monoisotopic (exact) mass is 482 g/mol. The van der Waals surface area contributed by atoms with E-state index in [4.69, 9.17) is 9.47 Å². The summed E-state index contributed by atoms with van der Waals surface area (Å²) in [7, 11) is 3.02. The predicted octanol–water partition coefficient (Wildman–Crippen LogP) is 1.46. The first kappa shape index (κ1) is 23.7. The maximum atomic E-state index is 13.1. The van der Waals surface area contributed by atoms with Gasteiger partial charge < -0.3 is 19.1 Å². The number of halogens is 1. The molecule has 2 aromatic carbocycles. The fourth-order valence-electron chi connectivity index (χ4n) is 3.34. The van der Waals surface area contributed by atoms with Crippen molar-refractivity contribution in [3.8, 4) is 11.5 Å². The van der Waals surface area contributed by atoms with Crippen LogP contribution in [0.1, 0.15) is 5.56 Å². The first-order valence-corrected chi connectivity index (χ1v) is 10.5. The molecule has 0 unspecified atom stereocenters. The van der Waals surface area contributed by atoms with Gasteiger partial charge in [0.25, 0.3) is 5.56 Å². The maximum absolute atomic E-state index is 13.1. The van der Waals surface area contributed by atoms with E-state index in [-0.39, 0.29) is 36.1 Å². The maximum Gasteiger partial charge on any atom is 0.329 e. The lowest BCUT2D eigenvalue weighted by atomic mass is 10.2. The first-order valence-electron chi connectivity index (χ1n) is 10.5. The summed E-state index contributed by atoms with van der Waals surface area (Å²) < 4.78 is 26.4. The Balaban J connectivity index is 1.58. The highest BCUT2D eigenvalue weighted by molar-refractivity contribution is 5.80. The third kappa shape index (κ3) is 5.38. The summed E-state index contributed by atoms with van der Waals surface area (Å²) in [5.74, 6) is 0.948. The Labute approximate surface area is 198 Å². The molecule has 182 valence electrons. The van der Waals surface area contributed by atoms with E-state index in [0.717, 1.165) is 0 Å². The zero-order chi connectivity index (χ0) is 24.9. The Bertz CT molecular complexity index is 1460. The van der Waals surface area contributed by atoms with Crippen LogP contribution in [-0.4, -0.2) is 50.2 Å². The number of methoxy groups -OCH3 is 1. The van der Waals surface area contributed by atoms with Crippen molar-refractivity contribution in [2.45, 2.75) is 12.6 Å². The van der Waals surface area contributed by atoms with E-state index in [9.17, 15) is 19.1 Å². The van der Waals surface area contributed by atoms with Crippen LogP contribution in [0.4, 0.5) is 10.3 Å². The number of hydrogen-bond donors (Lipinski definition) is 3. The van der Waals surface area contributed by atoms with E-state index in [2.05, 4.69) is 20.5 Å². The van der Waals surface area contributed by atoms with Crippen LogP contribution in [0.15, 0.2) is 63.2 Å². The van der Waals surface area contributed by atoms with Crippen LogP contribution in [0.3, 0.4) is 0 Å². The van der Waals surface area contributed by atoms with E-state index in [1.54, 1.807) is 31.4 Å². The molecule has 12 heteroatoms. The number of ether oxygens (including phenoxy) is 2. The first-order chi connectivity index (χ1) is 16.9. The van der Waals surface area contributed by atoms with Crippen molar-refractivity contribution in [2.24, 2.45) is 12.1 Å². The lowest BCUT2D eigenvalue weighted by Crippen LogP contribution is -2.30. The molecule has 0 spiro atoms. The quantitative estimate of drug-likeness (QED) is 0.243. The molecule has 1 atom stereocenters. The summed E-state index contributed by atoms with van der Waals surface area (Å²) >= 11 is 0. The number of aromatic amines is 1. The van der Waals surface area contributed by atoms with Crippen LogP contribution in [0.2, 0.25) is 0 Å². The van der Waals surface area contributed by atoms with E-state index >= 15 is 0 Å². The molecular weight excluding hydrogens is 459 g/mol. The summed E-state index contributed by atoms with van der Waals surface area (Å²) in [6, 6.07) is 12.5. The topological polar surface area (TPSA) is 136 Å². The number of hydrazone groups is 1. The van der Waals surface area contributed by atoms with Gasteiger partial charge in [0, 0.05) is 7.05 Å². The zero-order valence-corrected chi connectivity index (χ0v) is 18.9. The fourth-order valence-corrected chi connectivity index (χ4v) is 3.34. The molecule has 2 aromatic heterocycles. The molecule has 2 heterocycles. The van der Waals surface area contributed by atoms with Crippen LogP contribution in [0.5, 0.6) is 11.5 Å². The third-order valence-electron chi connectivity index (χ3n) is 5.15. The number of aliphatic hydroxyl groups is 1. The summed E-state index contributed by atoms with van der Waals surface area (Å²) in [5, 5.41) is 14.7. The van der Waals surface area contributed by atoms with Gasteiger partial charge in [-0.15, -0.1) is 0 Å². The van der Waals surface area contributed by atoms with Crippen LogP contribution in [0.25, 0.3) is 11.2 Å². The lowest BCUT2D eigenvalue weighted by molar-refractivity contribution is 0.0938. The fraction of sp³-hybridized carbons (Fsp3) is 0.217. The Hall–Kier alpha value is -4.45. The number of aliphatic hydroxyl groups excluding tert-OH is 1. The molecule has 35 heavy (non-hydrogen) atoms. The van der Waals surface area contributed by atoms with Crippen molar-refractivity contribution in [2.75, 3.05) is 19.1 Å². The molecule has 0 aliphatic heterocycles. The van der Waals surface area contributed by atoms with Crippen molar-refractivity contribution in [3.63, 3.8) is 0 Å². The van der Waals surface area contributed by atoms with E-state index < -0.39 is 17.4 Å². The second-order valence-corrected chi connectivity index (χ2v) is 7.60. The van der Waals surface area contributed by atoms with E-state index in [0.29, 0.717) is 17.1 Å². The SMILES string of the molecule is COc1ccc(OC[C@H](O)Cn2c(N/N=C\c3ccc(F)cc3)nc3c2c(=O)[nH]c(=O)n3C)cc1. The van der Waals surface area contributed by atoms with Gasteiger partial charge in [0.1, 0.15) is 30.0 Å². The van der Waals surface area contributed by atoms with Crippen LogP contribution in [0, 0.1) is 5.82 Å². The van der Waals surface area contributed by atoms with Gasteiger partial charge in [-0.2, -0.15) is 10.1 Å². The summed E-state index contributed by atoms with van der Waals surface area (Å²) in [5.41, 5.74) is 2.26. The van der Waals surface area contributed by atoms with Crippen molar-refractivity contribution >= 4 is 23.3 Å². The van der Waals surface area contributed by atoms with Crippen molar-refractivity contribution < 1.29 is 19.0 Å². The minimum Gasteiger partial charge on any atom is -0.497 e. The average molecular weight is 482 g/mol. The molecule has 0 amide bonds. The summed E-state index contributed by atoms with van der Waals surface area (Å²) in [6.45, 7) is -0.156. The Morgan fingerprint density at radius 3 is 2.54 bits per heavy atom. The molecule has 11 nitrogen and oxygen atoms in total. The minimum atomic E-state index is -1.03. The van der Waals surface area contributed by atoms with Gasteiger partial charge in [-0.25, -0.2) is 14.6 Å². The van der Waals surface area contributed by atoms with Gasteiger partial charge in [-0.1, -0.05) is 12.1 Å². The predicted molar refractivity (Wildman–Crippen MR) is 128 cm³/mol. The number of hydrogen-bond acceptors (Lipinski definition) is 8. The van der Waals surface area contributed by atoms with Crippen LogP contribution in [-0.2, 0) is 13.6 Å². The number of nitrogens with zero attached hydrogens (tertiary/aromatic N) is 4. The molecule has 0 radical (unpaired) electrons. The van der Waals surface area contributed by atoms with Gasteiger partial charge >= 0.3 is 5.69 Å². The van der Waals surface area contributed by atoms with Crippen molar-refractivity contribution in [1.29, 1.82) is 0 Å². The Morgan fingerprint density at radius 1 is 1.17 bits per heavy atom. The van der Waals surface area contributed by atoms with E-state index in [1.165, 1.54) is 46.7 Å². The van der Waals surface area contributed by atoms with Crippen LogP contribution < -0.4 is 26.1 Å². The van der Waals surface area contributed by atoms with Crippen molar-refractivity contribution in [3.05, 3.63) is 80.7 Å². The van der Waals surface area contributed by atoms with Gasteiger partial charge in [0.2, 0.25) is 5.95 Å². The summed E-state index contributed by atoms with van der Waals surface area (Å²) in [4.78, 5) is 31.2. The number of H-pyrrole nitrogens is 1. The summed E-state index contributed by atoms with van der Waals surface area (Å²) in [6.07, 6.45) is 0.406. The smallest absolute Gasteiger partial charge is 0.329 e. The molecule has 4 aromatic rings. The van der Waals surface area contributed by atoms with Gasteiger partial charge in [-0.3, -0.25) is 14.3 Å². The highest BCUT2D eigenvalue weighted by Gasteiger charge is 2.20. The normalized spacial score (nSPS) is 12.2. The average Bonchev–Trinajstić information content (AvgIpc) is 3.21. The molecule has 0 bridgehead atoms. The number of imidazole rings is 1. The molecule has 0 saturated heterocycles. The second kappa shape index (κ2) is 10.2. The number of benzene rings is 2. The van der Waals surface area contributed by atoms with Crippen LogP contribution >= 0.6 is 0 Å². The van der Waals surface area contributed by atoms with Gasteiger partial charge in [0.15, 0.2) is 11.2 Å². The molecule has 0 aliphatic carbocycles. The highest BCUT2D eigenvalue weighted by Crippen LogP contribution is 2.19. The van der Waals surface area contributed by atoms with Crippen molar-refractivity contribution in [1.82, 2.24) is 19.1 Å². The third-order valence-corrected chi connectivity index (χ3v) is 5.15. The zero-order valence-electron chi connectivity index (χ0n) is 18.9. The number of fused-ring (bicyclic) bond motifs is 1. The largest absolute Gasteiger partial charge is 0.497 e. The number of aryl methyl sites for hydroxylation is 1. The molecular formula is C23H23FN6O5. The molecule has 0 saturated carbocycles.